The lowest BCUT2D eigenvalue weighted by Crippen LogP contribution is -2.70. The van der Waals surface area contributed by atoms with E-state index in [2.05, 4.69) is 0 Å². The Hall–Kier alpha value is -1.34. The van der Waals surface area contributed by atoms with Crippen molar-refractivity contribution in [3.05, 3.63) is 0 Å². The van der Waals surface area contributed by atoms with Crippen LogP contribution in [0, 0.1) is 0 Å². The first kappa shape index (κ1) is 15.1. The third kappa shape index (κ3) is 2.60. The lowest BCUT2D eigenvalue weighted by molar-refractivity contribution is -0.162. The predicted molar refractivity (Wildman–Crippen MR) is 70.5 cm³/mol. The van der Waals surface area contributed by atoms with Crippen molar-refractivity contribution in [3.63, 3.8) is 0 Å². The second-order valence-corrected chi connectivity index (χ2v) is 5.72. The van der Waals surface area contributed by atoms with Gasteiger partial charge in [-0.05, 0) is 20.8 Å². The van der Waals surface area contributed by atoms with Crippen molar-refractivity contribution in [1.82, 2.24) is 9.80 Å². The summed E-state index contributed by atoms with van der Waals surface area (Å²) in [7, 11) is 0. The molecule has 1 N–H and O–H groups in total. The first-order chi connectivity index (χ1) is 9.37. The number of carbonyl (C=O) groups is 2. The van der Waals surface area contributed by atoms with Gasteiger partial charge in [-0.1, -0.05) is 0 Å². The molecule has 0 radical (unpaired) electrons. The van der Waals surface area contributed by atoms with Gasteiger partial charge in [-0.25, -0.2) is 4.79 Å². The summed E-state index contributed by atoms with van der Waals surface area (Å²) in [6.45, 7) is 7.46. The van der Waals surface area contributed by atoms with Crippen LogP contribution in [0.15, 0.2) is 0 Å². The number of rotatable bonds is 3. The molecule has 20 heavy (non-hydrogen) atoms. The number of ether oxygens (including phenoxy) is 2. The van der Waals surface area contributed by atoms with Gasteiger partial charge in [-0.15, -0.1) is 0 Å². The van der Waals surface area contributed by atoms with Gasteiger partial charge in [0.15, 0.2) is 0 Å². The molecular weight excluding hydrogens is 264 g/mol. The van der Waals surface area contributed by atoms with Crippen LogP contribution in [0.1, 0.15) is 20.8 Å². The number of esters is 1. The van der Waals surface area contributed by atoms with Crippen LogP contribution in [0.4, 0.5) is 4.79 Å². The van der Waals surface area contributed by atoms with E-state index in [0.29, 0.717) is 32.9 Å². The van der Waals surface area contributed by atoms with E-state index >= 15 is 0 Å². The Morgan fingerprint density at radius 1 is 1.30 bits per heavy atom. The molecule has 2 unspecified atom stereocenters. The average molecular weight is 286 g/mol. The average Bonchev–Trinajstić information content (AvgIpc) is 2.37. The molecule has 2 saturated heterocycles. The molecule has 114 valence electrons. The third-order valence-corrected chi connectivity index (χ3v) is 4.06. The quantitative estimate of drug-likeness (QED) is 0.756. The van der Waals surface area contributed by atoms with Crippen molar-refractivity contribution in [2.75, 3.05) is 32.9 Å². The van der Waals surface area contributed by atoms with Crippen LogP contribution in [0.2, 0.25) is 0 Å². The minimum absolute atomic E-state index is 0.228. The first-order valence-electron chi connectivity index (χ1n) is 6.89. The summed E-state index contributed by atoms with van der Waals surface area (Å²) in [5, 5.41) is 9.29. The molecule has 2 aliphatic rings. The van der Waals surface area contributed by atoms with Crippen LogP contribution >= 0.6 is 0 Å². The molecule has 2 bridgehead atoms. The van der Waals surface area contributed by atoms with E-state index in [1.807, 2.05) is 18.7 Å². The Labute approximate surface area is 118 Å². The normalized spacial score (nSPS) is 27.2. The smallest absolute Gasteiger partial charge is 0.408 e. The number of amides is 1. The number of piperazine rings is 1. The highest BCUT2D eigenvalue weighted by Crippen LogP contribution is 2.27. The molecule has 0 spiro atoms. The second kappa shape index (κ2) is 5.57. The van der Waals surface area contributed by atoms with Gasteiger partial charge in [0.25, 0.3) is 0 Å². The highest BCUT2D eigenvalue weighted by atomic mass is 16.5. The van der Waals surface area contributed by atoms with Crippen molar-refractivity contribution in [3.8, 4) is 0 Å². The Kier molecular flexibility index (Phi) is 4.19. The van der Waals surface area contributed by atoms with Crippen molar-refractivity contribution in [2.24, 2.45) is 0 Å². The molecule has 0 aromatic heterocycles. The maximum atomic E-state index is 12.1. The molecule has 7 heteroatoms. The summed E-state index contributed by atoms with van der Waals surface area (Å²) in [5.74, 6) is -0.275. The molecule has 0 aromatic rings. The molecule has 2 heterocycles. The molecule has 7 nitrogen and oxygen atoms in total. The van der Waals surface area contributed by atoms with E-state index in [1.54, 1.807) is 6.92 Å². The fraction of sp³-hybridized carbons (Fsp3) is 0.846. The summed E-state index contributed by atoms with van der Waals surface area (Å²) >= 11 is 0. The van der Waals surface area contributed by atoms with Gasteiger partial charge >= 0.3 is 12.1 Å². The van der Waals surface area contributed by atoms with Crippen molar-refractivity contribution in [2.45, 2.75) is 38.4 Å². The first-order valence-corrected chi connectivity index (χ1v) is 6.89. The van der Waals surface area contributed by atoms with E-state index in [0.717, 1.165) is 0 Å². The topological polar surface area (TPSA) is 79.3 Å². The lowest BCUT2D eigenvalue weighted by atomic mass is 9.96. The summed E-state index contributed by atoms with van der Waals surface area (Å²) < 4.78 is 10.6. The van der Waals surface area contributed by atoms with E-state index < -0.39 is 11.6 Å². The van der Waals surface area contributed by atoms with Crippen LogP contribution in [-0.2, 0) is 14.3 Å². The summed E-state index contributed by atoms with van der Waals surface area (Å²) in [5.41, 5.74) is -0.756. The second-order valence-electron chi connectivity index (χ2n) is 5.72. The zero-order valence-corrected chi connectivity index (χ0v) is 12.2. The largest absolute Gasteiger partial charge is 0.465 e. The summed E-state index contributed by atoms with van der Waals surface area (Å²) in [4.78, 5) is 26.9. The molecule has 0 aliphatic carbocycles. The van der Waals surface area contributed by atoms with Gasteiger partial charge in [-0.3, -0.25) is 14.6 Å². The van der Waals surface area contributed by atoms with Crippen molar-refractivity contribution in [1.29, 1.82) is 0 Å². The van der Waals surface area contributed by atoms with Crippen LogP contribution in [0.3, 0.4) is 0 Å². The zero-order chi connectivity index (χ0) is 14.9. The van der Waals surface area contributed by atoms with Gasteiger partial charge in [0, 0.05) is 13.1 Å². The highest BCUT2D eigenvalue weighted by Gasteiger charge is 2.47. The van der Waals surface area contributed by atoms with Gasteiger partial charge in [0.1, 0.15) is 5.54 Å². The Bertz CT molecular complexity index is 384. The highest BCUT2D eigenvalue weighted by molar-refractivity contribution is 5.80. The van der Waals surface area contributed by atoms with Gasteiger partial charge in [0.2, 0.25) is 0 Å². The van der Waals surface area contributed by atoms with Crippen LogP contribution in [0.5, 0.6) is 0 Å². The number of nitrogens with zero attached hydrogens (tertiary/aromatic N) is 2. The van der Waals surface area contributed by atoms with Gasteiger partial charge < -0.3 is 14.6 Å². The number of carboxylic acid groups (broad SMARTS) is 1. The van der Waals surface area contributed by atoms with E-state index in [9.17, 15) is 14.7 Å². The molecule has 2 atom stereocenters. The predicted octanol–water partition coefficient (Wildman–Crippen LogP) is 0.391. The molecule has 2 rings (SSSR count). The number of morpholine rings is 1. The fourth-order valence-corrected chi connectivity index (χ4v) is 2.87. The Morgan fingerprint density at radius 3 is 2.30 bits per heavy atom. The van der Waals surface area contributed by atoms with Crippen LogP contribution < -0.4 is 0 Å². The molecule has 0 aromatic carbocycles. The Balaban J connectivity index is 2.14. The molecule has 1 amide bonds. The van der Waals surface area contributed by atoms with E-state index in [1.165, 1.54) is 4.90 Å². The van der Waals surface area contributed by atoms with Crippen molar-refractivity contribution < 1.29 is 24.2 Å². The molecular formula is C13H22N2O5. The zero-order valence-electron chi connectivity index (χ0n) is 12.2. The van der Waals surface area contributed by atoms with Gasteiger partial charge in [0.05, 0.1) is 31.9 Å². The minimum atomic E-state index is -0.920. The summed E-state index contributed by atoms with van der Waals surface area (Å²) in [6.07, 6.45) is -0.920. The molecule has 2 fully saturated rings. The SMILES string of the molecule is CCOC(=O)C(C)(C)N1CC2COCC(C1)N2C(=O)O. The van der Waals surface area contributed by atoms with E-state index in [-0.39, 0.29) is 18.1 Å². The van der Waals surface area contributed by atoms with Crippen LogP contribution in [-0.4, -0.2) is 77.5 Å². The Morgan fingerprint density at radius 2 is 1.85 bits per heavy atom. The monoisotopic (exact) mass is 286 g/mol. The molecule has 0 saturated carbocycles. The number of hydrogen-bond donors (Lipinski definition) is 1. The summed E-state index contributed by atoms with van der Waals surface area (Å²) in [6, 6.07) is -0.456. The third-order valence-electron chi connectivity index (χ3n) is 4.06. The lowest BCUT2D eigenvalue weighted by Gasteiger charge is -2.51. The number of carbonyl (C=O) groups excluding carboxylic acids is 1. The molecule has 2 aliphatic heterocycles. The van der Waals surface area contributed by atoms with Crippen LogP contribution in [0.25, 0.3) is 0 Å². The number of hydrogen-bond acceptors (Lipinski definition) is 5. The maximum absolute atomic E-state index is 12.1. The van der Waals surface area contributed by atoms with Gasteiger partial charge in [-0.2, -0.15) is 0 Å². The van der Waals surface area contributed by atoms with Crippen molar-refractivity contribution >= 4 is 12.1 Å². The number of fused-ring (bicyclic) bond motifs is 2. The minimum Gasteiger partial charge on any atom is -0.465 e. The fourth-order valence-electron chi connectivity index (χ4n) is 2.87. The standard InChI is InChI=1S/C13H22N2O5/c1-4-20-11(16)13(2,3)14-5-9-7-19-8-10(6-14)15(9)12(17)18/h9-10H,4-8H2,1-3H3,(H,17,18). The maximum Gasteiger partial charge on any atom is 0.408 e. The van der Waals surface area contributed by atoms with E-state index in [4.69, 9.17) is 9.47 Å².